The number of hydrogen-bond acceptors (Lipinski definition) is 8. The number of likely N-dealkylation sites (tertiary alicyclic amines) is 1. The van der Waals surface area contributed by atoms with Gasteiger partial charge in [0.15, 0.2) is 5.75 Å². The van der Waals surface area contributed by atoms with Crippen molar-refractivity contribution in [1.29, 1.82) is 0 Å². The summed E-state index contributed by atoms with van der Waals surface area (Å²) in [7, 11) is 1.51. The molecule has 2 N–H and O–H groups in total. The van der Waals surface area contributed by atoms with Crippen LogP contribution in [0.3, 0.4) is 0 Å². The summed E-state index contributed by atoms with van der Waals surface area (Å²) in [4.78, 5) is 40.4. The molecule has 1 amide bonds. The van der Waals surface area contributed by atoms with E-state index in [9.17, 15) is 29.9 Å². The van der Waals surface area contributed by atoms with Crippen molar-refractivity contribution >= 4 is 23.1 Å². The number of amides is 1. The molecule has 0 aliphatic carbocycles. The maximum absolute atomic E-state index is 13.2. The van der Waals surface area contributed by atoms with Crippen LogP contribution >= 0.6 is 0 Å². The van der Waals surface area contributed by atoms with Gasteiger partial charge in [-0.25, -0.2) is 0 Å². The molecule has 10 heteroatoms. The topological polar surface area (TPSA) is 133 Å². The van der Waals surface area contributed by atoms with Crippen molar-refractivity contribution in [1.82, 2.24) is 9.80 Å². The molecule has 35 heavy (non-hydrogen) atoms. The van der Waals surface area contributed by atoms with Gasteiger partial charge in [0.05, 0.1) is 23.6 Å². The second-order valence-electron chi connectivity index (χ2n) is 8.21. The second kappa shape index (κ2) is 10.6. The first kappa shape index (κ1) is 25.7. The number of carbonyl (C=O) groups is 2. The summed E-state index contributed by atoms with van der Waals surface area (Å²) in [6.07, 6.45) is 0. The number of phenols is 1. The monoisotopic (exact) mass is 483 g/mol. The van der Waals surface area contributed by atoms with Crippen molar-refractivity contribution < 1.29 is 29.5 Å². The van der Waals surface area contributed by atoms with Crippen molar-refractivity contribution in [3.05, 3.63) is 68.8 Å². The molecule has 0 spiro atoms. The molecule has 1 saturated heterocycles. The van der Waals surface area contributed by atoms with Gasteiger partial charge in [-0.1, -0.05) is 19.9 Å². The minimum Gasteiger partial charge on any atom is -0.507 e. The summed E-state index contributed by atoms with van der Waals surface area (Å²) in [6.45, 7) is 7.80. The Bertz CT molecular complexity index is 1190. The van der Waals surface area contributed by atoms with Crippen molar-refractivity contribution in [2.45, 2.75) is 26.8 Å². The summed E-state index contributed by atoms with van der Waals surface area (Å²) < 4.78 is 5.20. The summed E-state index contributed by atoms with van der Waals surface area (Å²) in [5, 5.41) is 32.6. The molecule has 10 nitrogen and oxygen atoms in total. The quantitative estimate of drug-likeness (QED) is 0.182. The summed E-state index contributed by atoms with van der Waals surface area (Å²) in [6, 6.07) is 7.53. The van der Waals surface area contributed by atoms with Crippen LogP contribution in [-0.4, -0.2) is 69.9 Å². The third-order valence-corrected chi connectivity index (χ3v) is 6.29. The standard InChI is InChI=1S/C25H29N3O7/c1-5-26(6-2)11-12-27-22(16-7-10-20(29)19(14-16)28(33)34)21(24(31)25(27)32)23(30)18-9-8-17(35-4)13-15(18)3/h7-10,13-14,22,29-30H,5-6,11-12H2,1-4H3/b23-21-. The van der Waals surface area contributed by atoms with Crippen LogP contribution < -0.4 is 4.74 Å². The smallest absolute Gasteiger partial charge is 0.311 e. The zero-order chi connectivity index (χ0) is 25.9. The maximum atomic E-state index is 13.2. The summed E-state index contributed by atoms with van der Waals surface area (Å²) in [5.74, 6) is -2.03. The number of hydrogen-bond donors (Lipinski definition) is 2. The maximum Gasteiger partial charge on any atom is 0.311 e. The second-order valence-corrected chi connectivity index (χ2v) is 8.21. The Morgan fingerprint density at radius 2 is 1.86 bits per heavy atom. The number of aryl methyl sites for hydroxylation is 1. The average Bonchev–Trinajstić information content (AvgIpc) is 3.09. The number of likely N-dealkylation sites (N-methyl/N-ethyl adjacent to an activating group) is 1. The Labute approximate surface area is 203 Å². The van der Waals surface area contributed by atoms with Gasteiger partial charge in [-0.2, -0.15) is 0 Å². The highest BCUT2D eigenvalue weighted by Crippen LogP contribution is 2.42. The van der Waals surface area contributed by atoms with Gasteiger partial charge in [-0.15, -0.1) is 0 Å². The Morgan fingerprint density at radius 3 is 2.43 bits per heavy atom. The molecule has 1 aliphatic rings. The number of carbonyl (C=O) groups excluding carboxylic acids is 2. The number of phenolic OH excluding ortho intramolecular Hbond substituents is 1. The molecule has 1 unspecified atom stereocenters. The largest absolute Gasteiger partial charge is 0.507 e. The number of benzene rings is 2. The van der Waals surface area contributed by atoms with E-state index >= 15 is 0 Å². The van der Waals surface area contributed by atoms with Crippen LogP contribution in [0.15, 0.2) is 42.0 Å². The fourth-order valence-corrected chi connectivity index (χ4v) is 4.28. The van der Waals surface area contributed by atoms with Gasteiger partial charge in [0.1, 0.15) is 11.5 Å². The van der Waals surface area contributed by atoms with Gasteiger partial charge in [0.25, 0.3) is 11.7 Å². The average molecular weight is 484 g/mol. The molecule has 1 aliphatic heterocycles. The van der Waals surface area contributed by atoms with Crippen LogP contribution in [0, 0.1) is 17.0 Å². The normalized spacial score (nSPS) is 17.3. The van der Waals surface area contributed by atoms with E-state index in [1.54, 1.807) is 25.1 Å². The fourth-order valence-electron chi connectivity index (χ4n) is 4.28. The number of aliphatic hydroxyl groups is 1. The molecule has 2 aromatic rings. The van der Waals surface area contributed by atoms with E-state index in [1.165, 1.54) is 18.1 Å². The first-order chi connectivity index (χ1) is 16.6. The van der Waals surface area contributed by atoms with Crippen LogP contribution in [0.4, 0.5) is 5.69 Å². The van der Waals surface area contributed by atoms with Crippen LogP contribution in [0.1, 0.15) is 36.6 Å². The molecule has 1 fully saturated rings. The predicted octanol–water partition coefficient (Wildman–Crippen LogP) is 3.38. The number of nitrogens with zero attached hydrogens (tertiary/aromatic N) is 3. The molecule has 0 aromatic heterocycles. The van der Waals surface area contributed by atoms with E-state index in [-0.39, 0.29) is 23.4 Å². The molecular weight excluding hydrogens is 454 g/mol. The third-order valence-electron chi connectivity index (χ3n) is 6.29. The predicted molar refractivity (Wildman–Crippen MR) is 129 cm³/mol. The lowest BCUT2D eigenvalue weighted by Crippen LogP contribution is -2.38. The lowest BCUT2D eigenvalue weighted by Gasteiger charge is -2.28. The number of Topliss-reactive ketones (excluding diaryl/α,β-unsaturated/α-hetero) is 1. The van der Waals surface area contributed by atoms with Crippen LogP contribution in [0.25, 0.3) is 5.76 Å². The van der Waals surface area contributed by atoms with Gasteiger partial charge < -0.3 is 24.7 Å². The Hall–Kier alpha value is -3.92. The minimum atomic E-state index is -1.06. The van der Waals surface area contributed by atoms with Gasteiger partial charge >= 0.3 is 5.69 Å². The molecule has 1 heterocycles. The highest BCUT2D eigenvalue weighted by Gasteiger charge is 2.46. The lowest BCUT2D eigenvalue weighted by molar-refractivity contribution is -0.385. The number of nitro benzene ring substituents is 1. The van der Waals surface area contributed by atoms with E-state index in [1.807, 2.05) is 13.8 Å². The summed E-state index contributed by atoms with van der Waals surface area (Å²) in [5.41, 5.74) is 0.471. The van der Waals surface area contributed by atoms with Crippen molar-refractivity contribution in [3.8, 4) is 11.5 Å². The van der Waals surface area contributed by atoms with Gasteiger partial charge in [0, 0.05) is 24.7 Å². The van der Waals surface area contributed by atoms with Gasteiger partial charge in [-0.3, -0.25) is 19.7 Å². The first-order valence-electron chi connectivity index (χ1n) is 11.3. The Morgan fingerprint density at radius 1 is 1.17 bits per heavy atom. The number of ketones is 1. The van der Waals surface area contributed by atoms with E-state index in [0.29, 0.717) is 23.4 Å². The number of methoxy groups -OCH3 is 1. The molecule has 1 atom stereocenters. The summed E-state index contributed by atoms with van der Waals surface area (Å²) >= 11 is 0. The Balaban J connectivity index is 2.20. The number of nitro groups is 1. The molecule has 0 radical (unpaired) electrons. The highest BCUT2D eigenvalue weighted by molar-refractivity contribution is 6.46. The van der Waals surface area contributed by atoms with E-state index in [2.05, 4.69) is 4.90 Å². The minimum absolute atomic E-state index is 0.164. The number of aromatic hydroxyl groups is 1. The highest BCUT2D eigenvalue weighted by atomic mass is 16.6. The molecule has 3 rings (SSSR count). The fraction of sp³-hybridized carbons (Fsp3) is 0.360. The van der Waals surface area contributed by atoms with E-state index < -0.39 is 34.1 Å². The van der Waals surface area contributed by atoms with Crippen LogP contribution in [0.5, 0.6) is 11.5 Å². The van der Waals surface area contributed by atoms with E-state index in [0.717, 1.165) is 25.2 Å². The lowest BCUT2D eigenvalue weighted by atomic mass is 9.93. The third kappa shape index (κ3) is 4.97. The van der Waals surface area contributed by atoms with Gasteiger partial charge in [-0.05, 0) is 55.4 Å². The molecule has 0 bridgehead atoms. The zero-order valence-corrected chi connectivity index (χ0v) is 20.1. The SMILES string of the molecule is CCN(CC)CCN1C(=O)C(=O)/C(=C(\O)c2ccc(OC)cc2C)C1c1ccc(O)c([N+](=O)[O-])c1. The zero-order valence-electron chi connectivity index (χ0n) is 20.1. The Kier molecular flexibility index (Phi) is 7.75. The van der Waals surface area contributed by atoms with Crippen LogP contribution in [0.2, 0.25) is 0 Å². The number of aliphatic hydroxyl groups excluding tert-OH is 1. The molecular formula is C25H29N3O7. The van der Waals surface area contributed by atoms with Crippen molar-refractivity contribution in [3.63, 3.8) is 0 Å². The van der Waals surface area contributed by atoms with Crippen molar-refractivity contribution in [2.75, 3.05) is 33.3 Å². The molecule has 186 valence electrons. The van der Waals surface area contributed by atoms with Crippen LogP contribution in [-0.2, 0) is 9.59 Å². The number of ether oxygens (including phenoxy) is 1. The molecule has 2 aromatic carbocycles. The van der Waals surface area contributed by atoms with Gasteiger partial charge in [0.2, 0.25) is 0 Å². The van der Waals surface area contributed by atoms with Crippen molar-refractivity contribution in [2.24, 2.45) is 0 Å². The molecule has 0 saturated carbocycles. The first-order valence-corrected chi connectivity index (χ1v) is 11.3. The van der Waals surface area contributed by atoms with E-state index in [4.69, 9.17) is 4.74 Å². The number of rotatable bonds is 9.